The fourth-order valence-corrected chi connectivity index (χ4v) is 1.43. The van der Waals surface area contributed by atoms with Gasteiger partial charge in [-0.1, -0.05) is 0 Å². The molecule has 0 radical (unpaired) electrons. The molecule has 6 heteroatoms. The Hall–Kier alpha value is -1.40. The van der Waals surface area contributed by atoms with Gasteiger partial charge in [-0.25, -0.2) is 4.68 Å². The lowest BCUT2D eigenvalue weighted by Crippen LogP contribution is -2.26. The first-order chi connectivity index (χ1) is 8.49. The highest BCUT2D eigenvalue weighted by Gasteiger charge is 2.02. The molecule has 1 unspecified atom stereocenters. The topological polar surface area (TPSA) is 73.4 Å². The fraction of sp³-hybridized carbons (Fsp3) is 0.667. The van der Waals surface area contributed by atoms with E-state index in [9.17, 15) is 4.79 Å². The molecule has 2 N–H and O–H groups in total. The summed E-state index contributed by atoms with van der Waals surface area (Å²) in [7, 11) is 4.00. The van der Waals surface area contributed by atoms with Crippen molar-refractivity contribution in [2.75, 3.05) is 27.2 Å². The Balaban J connectivity index is 2.54. The number of ether oxygens (including phenoxy) is 1. The van der Waals surface area contributed by atoms with E-state index < -0.39 is 0 Å². The molecule has 0 aliphatic carbocycles. The van der Waals surface area contributed by atoms with Crippen molar-refractivity contribution in [3.8, 4) is 5.75 Å². The second kappa shape index (κ2) is 7.13. The third-order valence-corrected chi connectivity index (χ3v) is 2.33. The van der Waals surface area contributed by atoms with E-state index in [0.717, 1.165) is 13.0 Å². The summed E-state index contributed by atoms with van der Waals surface area (Å²) in [6.07, 6.45) is 2.44. The van der Waals surface area contributed by atoms with E-state index in [1.807, 2.05) is 21.0 Å². The van der Waals surface area contributed by atoms with Gasteiger partial charge in [-0.3, -0.25) is 4.79 Å². The first-order valence-electron chi connectivity index (χ1n) is 6.09. The van der Waals surface area contributed by atoms with Crippen LogP contribution in [0.15, 0.2) is 17.1 Å². The summed E-state index contributed by atoms with van der Waals surface area (Å²) >= 11 is 0. The van der Waals surface area contributed by atoms with Crippen LogP contribution in [0.1, 0.15) is 13.3 Å². The minimum atomic E-state index is -0.143. The van der Waals surface area contributed by atoms with Gasteiger partial charge >= 0.3 is 0 Å². The predicted molar refractivity (Wildman–Crippen MR) is 70.8 cm³/mol. The zero-order valence-corrected chi connectivity index (χ0v) is 11.3. The zero-order valence-electron chi connectivity index (χ0n) is 11.3. The lowest BCUT2D eigenvalue weighted by atomic mass is 10.4. The van der Waals surface area contributed by atoms with Crippen LogP contribution in [-0.4, -0.2) is 48.0 Å². The first-order valence-corrected chi connectivity index (χ1v) is 6.09. The molecule has 1 rings (SSSR count). The van der Waals surface area contributed by atoms with Crippen LogP contribution in [0.5, 0.6) is 5.75 Å². The van der Waals surface area contributed by atoms with Crippen LogP contribution in [0.3, 0.4) is 0 Å². The molecule has 1 atom stereocenters. The SMILES string of the molecule is CC(N)COc1cnn(CCCN(C)C)c(=O)c1. The molecule has 1 aromatic heterocycles. The van der Waals surface area contributed by atoms with Crippen molar-refractivity contribution in [3.63, 3.8) is 0 Å². The van der Waals surface area contributed by atoms with Crippen molar-refractivity contribution in [1.82, 2.24) is 14.7 Å². The number of aryl methyl sites for hydroxylation is 1. The van der Waals surface area contributed by atoms with Crippen molar-refractivity contribution in [3.05, 3.63) is 22.6 Å². The number of rotatable bonds is 7. The quantitative estimate of drug-likeness (QED) is 0.737. The average Bonchev–Trinajstić information content (AvgIpc) is 2.28. The Morgan fingerprint density at radius 1 is 1.56 bits per heavy atom. The van der Waals surface area contributed by atoms with Gasteiger partial charge in [0.15, 0.2) is 0 Å². The zero-order chi connectivity index (χ0) is 13.5. The molecule has 0 aliphatic rings. The van der Waals surface area contributed by atoms with Gasteiger partial charge in [0.2, 0.25) is 0 Å². The molecule has 1 aromatic rings. The largest absolute Gasteiger partial charge is 0.490 e. The van der Waals surface area contributed by atoms with Crippen LogP contribution in [-0.2, 0) is 6.54 Å². The standard InChI is InChI=1S/C12H22N4O2/c1-10(13)9-18-11-7-12(17)16(14-8-11)6-4-5-15(2)3/h7-8,10H,4-6,9,13H2,1-3H3. The lowest BCUT2D eigenvalue weighted by Gasteiger charge is -2.11. The van der Waals surface area contributed by atoms with Crippen molar-refractivity contribution >= 4 is 0 Å². The van der Waals surface area contributed by atoms with E-state index in [0.29, 0.717) is 18.9 Å². The Morgan fingerprint density at radius 3 is 2.83 bits per heavy atom. The van der Waals surface area contributed by atoms with E-state index >= 15 is 0 Å². The number of hydrogen-bond acceptors (Lipinski definition) is 5. The number of hydrogen-bond donors (Lipinski definition) is 1. The van der Waals surface area contributed by atoms with Crippen LogP contribution in [0.2, 0.25) is 0 Å². The summed E-state index contributed by atoms with van der Waals surface area (Å²) in [4.78, 5) is 13.8. The maximum Gasteiger partial charge on any atom is 0.270 e. The van der Waals surface area contributed by atoms with Gasteiger partial charge in [0, 0.05) is 18.7 Å². The highest BCUT2D eigenvalue weighted by atomic mass is 16.5. The number of aromatic nitrogens is 2. The summed E-state index contributed by atoms with van der Waals surface area (Å²) in [5.74, 6) is 0.473. The van der Waals surface area contributed by atoms with Crippen molar-refractivity contribution in [2.24, 2.45) is 5.73 Å². The third-order valence-electron chi connectivity index (χ3n) is 2.33. The van der Waals surface area contributed by atoms with Gasteiger partial charge in [-0.05, 0) is 34.0 Å². The number of nitrogens with zero attached hydrogens (tertiary/aromatic N) is 3. The molecular formula is C12H22N4O2. The van der Waals surface area contributed by atoms with Crippen LogP contribution < -0.4 is 16.0 Å². The van der Waals surface area contributed by atoms with Gasteiger partial charge in [-0.15, -0.1) is 0 Å². The van der Waals surface area contributed by atoms with Gasteiger partial charge in [0.1, 0.15) is 12.4 Å². The van der Waals surface area contributed by atoms with E-state index in [2.05, 4.69) is 10.00 Å². The molecule has 6 nitrogen and oxygen atoms in total. The third kappa shape index (κ3) is 5.29. The molecule has 0 bridgehead atoms. The van der Waals surface area contributed by atoms with Crippen molar-refractivity contribution < 1.29 is 4.74 Å². The normalized spacial score (nSPS) is 12.7. The number of nitrogens with two attached hydrogens (primary N) is 1. The lowest BCUT2D eigenvalue weighted by molar-refractivity contribution is 0.292. The predicted octanol–water partition coefficient (Wildman–Crippen LogP) is -0.0790. The molecule has 0 amide bonds. The Kier molecular flexibility index (Phi) is 5.80. The first kappa shape index (κ1) is 14.7. The molecule has 102 valence electrons. The van der Waals surface area contributed by atoms with Crippen LogP contribution >= 0.6 is 0 Å². The highest BCUT2D eigenvalue weighted by molar-refractivity contribution is 5.13. The molecular weight excluding hydrogens is 232 g/mol. The Labute approximate surface area is 107 Å². The van der Waals surface area contributed by atoms with Gasteiger partial charge < -0.3 is 15.4 Å². The summed E-state index contributed by atoms with van der Waals surface area (Å²) in [6, 6.07) is 1.39. The maximum atomic E-state index is 11.7. The smallest absolute Gasteiger partial charge is 0.270 e. The molecule has 0 fully saturated rings. The van der Waals surface area contributed by atoms with Crippen LogP contribution in [0.25, 0.3) is 0 Å². The molecule has 18 heavy (non-hydrogen) atoms. The molecule has 0 aliphatic heterocycles. The van der Waals surface area contributed by atoms with Crippen LogP contribution in [0.4, 0.5) is 0 Å². The van der Waals surface area contributed by atoms with E-state index in [-0.39, 0.29) is 11.6 Å². The minimum Gasteiger partial charge on any atom is -0.490 e. The Bertz CT molecular complexity index is 415. The molecule has 1 heterocycles. The van der Waals surface area contributed by atoms with Crippen LogP contribution in [0, 0.1) is 0 Å². The highest BCUT2D eigenvalue weighted by Crippen LogP contribution is 2.03. The minimum absolute atomic E-state index is 0.0625. The maximum absolute atomic E-state index is 11.7. The second-order valence-electron chi connectivity index (χ2n) is 4.70. The average molecular weight is 254 g/mol. The summed E-state index contributed by atoms with van der Waals surface area (Å²) < 4.78 is 6.78. The van der Waals surface area contributed by atoms with Gasteiger partial charge in [0.05, 0.1) is 6.20 Å². The van der Waals surface area contributed by atoms with Crippen molar-refractivity contribution in [1.29, 1.82) is 0 Å². The molecule has 0 saturated carbocycles. The van der Waals surface area contributed by atoms with E-state index in [4.69, 9.17) is 10.5 Å². The molecule has 0 aromatic carbocycles. The van der Waals surface area contributed by atoms with Crippen molar-refractivity contribution in [2.45, 2.75) is 25.9 Å². The summed E-state index contributed by atoms with van der Waals surface area (Å²) in [5, 5.41) is 4.07. The van der Waals surface area contributed by atoms with E-state index in [1.165, 1.54) is 10.7 Å². The summed E-state index contributed by atoms with van der Waals surface area (Å²) in [5.41, 5.74) is 5.43. The Morgan fingerprint density at radius 2 is 2.28 bits per heavy atom. The molecule has 0 spiro atoms. The van der Waals surface area contributed by atoms with E-state index in [1.54, 1.807) is 6.20 Å². The fourth-order valence-electron chi connectivity index (χ4n) is 1.43. The van der Waals surface area contributed by atoms with Gasteiger partial charge in [-0.2, -0.15) is 5.10 Å². The summed E-state index contributed by atoms with van der Waals surface area (Å²) in [6.45, 7) is 3.77. The monoisotopic (exact) mass is 254 g/mol. The molecule has 0 saturated heterocycles. The van der Waals surface area contributed by atoms with Gasteiger partial charge in [0.25, 0.3) is 5.56 Å². The second-order valence-corrected chi connectivity index (χ2v) is 4.70.